The first-order chi connectivity index (χ1) is 15.7. The standard InChI is InChI=1S/C26H43N3O3/c30-24(27-15-17-32-18-16-27)12-4-11-23-22-10-6-14-28-13-5-9-21(25(22)28)19-29(23)26(31)20-7-2-1-3-8-20/h20-23,25H,1-19H2/t21-,22+,23+,25-/m0/s1. The van der Waals surface area contributed by atoms with Crippen molar-refractivity contribution in [3.8, 4) is 0 Å². The minimum absolute atomic E-state index is 0.251. The summed E-state index contributed by atoms with van der Waals surface area (Å²) in [5.41, 5.74) is 0. The highest BCUT2D eigenvalue weighted by Gasteiger charge is 2.50. The van der Waals surface area contributed by atoms with E-state index in [0.29, 0.717) is 49.5 Å². The Labute approximate surface area is 194 Å². The predicted octanol–water partition coefficient (Wildman–Crippen LogP) is 3.30. The molecule has 1 aliphatic carbocycles. The topological polar surface area (TPSA) is 53.1 Å². The van der Waals surface area contributed by atoms with Crippen molar-refractivity contribution in [2.75, 3.05) is 45.9 Å². The minimum Gasteiger partial charge on any atom is -0.378 e. The van der Waals surface area contributed by atoms with Gasteiger partial charge in [-0.05, 0) is 76.3 Å². The van der Waals surface area contributed by atoms with Crippen molar-refractivity contribution in [3.63, 3.8) is 0 Å². The van der Waals surface area contributed by atoms with Gasteiger partial charge in [0.15, 0.2) is 0 Å². The van der Waals surface area contributed by atoms with E-state index in [1.165, 1.54) is 58.0 Å². The summed E-state index contributed by atoms with van der Waals surface area (Å²) in [4.78, 5) is 33.6. The first-order valence-electron chi connectivity index (χ1n) is 13.6. The molecule has 0 unspecified atom stereocenters. The van der Waals surface area contributed by atoms with Gasteiger partial charge in [-0.25, -0.2) is 0 Å². The second-order valence-corrected chi connectivity index (χ2v) is 11.0. The molecule has 0 N–H and O–H groups in total. The monoisotopic (exact) mass is 445 g/mol. The number of nitrogens with zero attached hydrogens (tertiary/aromatic N) is 3. The number of carbonyl (C=O) groups excluding carboxylic acids is 2. The zero-order valence-corrected chi connectivity index (χ0v) is 19.9. The molecule has 4 heterocycles. The summed E-state index contributed by atoms with van der Waals surface area (Å²) >= 11 is 0. The van der Waals surface area contributed by atoms with Gasteiger partial charge in [-0.15, -0.1) is 0 Å². The fraction of sp³-hybridized carbons (Fsp3) is 0.923. The van der Waals surface area contributed by atoms with Gasteiger partial charge in [-0.2, -0.15) is 0 Å². The maximum Gasteiger partial charge on any atom is 0.225 e. The predicted molar refractivity (Wildman–Crippen MR) is 124 cm³/mol. The fourth-order valence-electron chi connectivity index (χ4n) is 7.64. The largest absolute Gasteiger partial charge is 0.378 e. The maximum absolute atomic E-state index is 13.8. The second-order valence-electron chi connectivity index (χ2n) is 11.0. The molecule has 4 aliphatic heterocycles. The van der Waals surface area contributed by atoms with E-state index in [2.05, 4.69) is 9.80 Å². The van der Waals surface area contributed by atoms with E-state index in [0.717, 1.165) is 45.3 Å². The highest BCUT2D eigenvalue weighted by molar-refractivity contribution is 5.79. The molecule has 1 saturated carbocycles. The molecular formula is C26H43N3O3. The van der Waals surface area contributed by atoms with Crippen molar-refractivity contribution in [3.05, 3.63) is 0 Å². The van der Waals surface area contributed by atoms with E-state index in [9.17, 15) is 9.59 Å². The molecule has 0 aromatic rings. The molecule has 4 saturated heterocycles. The zero-order valence-electron chi connectivity index (χ0n) is 19.9. The van der Waals surface area contributed by atoms with Gasteiger partial charge in [0.1, 0.15) is 0 Å². The lowest BCUT2D eigenvalue weighted by atomic mass is 9.68. The molecule has 5 aliphatic rings. The Hall–Kier alpha value is -1.14. The van der Waals surface area contributed by atoms with Gasteiger partial charge in [-0.1, -0.05) is 19.3 Å². The highest BCUT2D eigenvalue weighted by Crippen LogP contribution is 2.44. The van der Waals surface area contributed by atoms with Crippen molar-refractivity contribution in [1.82, 2.24) is 14.7 Å². The van der Waals surface area contributed by atoms with Crippen LogP contribution in [0.3, 0.4) is 0 Å². The van der Waals surface area contributed by atoms with Gasteiger partial charge >= 0.3 is 0 Å². The SMILES string of the molecule is O=C(CCC[C@@H]1[C@H]2CCCN3CCC[C@@H](CN1C(=O)C1CCCCC1)[C@@H]23)N1CCOCC1. The van der Waals surface area contributed by atoms with Crippen LogP contribution in [0.5, 0.6) is 0 Å². The van der Waals surface area contributed by atoms with Crippen LogP contribution in [0.15, 0.2) is 0 Å². The molecule has 5 rings (SSSR count). The highest BCUT2D eigenvalue weighted by atomic mass is 16.5. The van der Waals surface area contributed by atoms with Crippen LogP contribution in [0.2, 0.25) is 0 Å². The first kappa shape index (κ1) is 22.6. The third kappa shape index (κ3) is 4.72. The van der Waals surface area contributed by atoms with Crippen LogP contribution in [0, 0.1) is 17.8 Å². The van der Waals surface area contributed by atoms with Crippen LogP contribution in [-0.4, -0.2) is 84.5 Å². The van der Waals surface area contributed by atoms with E-state index < -0.39 is 0 Å². The molecule has 2 amide bonds. The number of ether oxygens (including phenoxy) is 1. The second kappa shape index (κ2) is 10.4. The fourth-order valence-corrected chi connectivity index (χ4v) is 7.64. The van der Waals surface area contributed by atoms with Crippen molar-refractivity contribution in [2.24, 2.45) is 17.8 Å². The Morgan fingerprint density at radius 2 is 1.59 bits per heavy atom. The van der Waals surface area contributed by atoms with Crippen LogP contribution < -0.4 is 0 Å². The van der Waals surface area contributed by atoms with Gasteiger partial charge < -0.3 is 14.5 Å². The molecule has 180 valence electrons. The van der Waals surface area contributed by atoms with Gasteiger partial charge in [0.05, 0.1) is 13.2 Å². The molecule has 32 heavy (non-hydrogen) atoms. The number of carbonyl (C=O) groups is 2. The summed E-state index contributed by atoms with van der Waals surface area (Å²) in [6.45, 7) is 6.26. The van der Waals surface area contributed by atoms with Crippen molar-refractivity contribution < 1.29 is 14.3 Å². The van der Waals surface area contributed by atoms with Crippen LogP contribution >= 0.6 is 0 Å². The number of amides is 2. The van der Waals surface area contributed by atoms with E-state index in [1.54, 1.807) is 0 Å². The molecule has 0 aromatic heterocycles. The Bertz CT molecular complexity index is 657. The lowest BCUT2D eigenvalue weighted by molar-refractivity contribution is -0.151. The average Bonchev–Trinajstić information content (AvgIpc) is 2.86. The van der Waals surface area contributed by atoms with Crippen molar-refractivity contribution in [1.29, 1.82) is 0 Å². The van der Waals surface area contributed by atoms with Crippen molar-refractivity contribution >= 4 is 11.8 Å². The summed E-state index contributed by atoms with van der Waals surface area (Å²) in [6, 6.07) is 1.01. The lowest BCUT2D eigenvalue weighted by Gasteiger charge is -2.58. The number of morpholine rings is 1. The third-order valence-corrected chi connectivity index (χ3v) is 9.16. The third-order valence-electron chi connectivity index (χ3n) is 9.16. The number of likely N-dealkylation sites (tertiary alicyclic amines) is 1. The average molecular weight is 446 g/mol. The maximum atomic E-state index is 13.8. The summed E-state index contributed by atoms with van der Waals surface area (Å²) in [7, 11) is 0. The van der Waals surface area contributed by atoms with E-state index in [1.807, 2.05) is 4.90 Å². The molecule has 0 bridgehead atoms. The molecule has 6 nitrogen and oxygen atoms in total. The van der Waals surface area contributed by atoms with Crippen LogP contribution in [0.1, 0.15) is 77.0 Å². The summed E-state index contributed by atoms with van der Waals surface area (Å²) < 4.78 is 5.40. The number of rotatable bonds is 5. The number of hydrogen-bond donors (Lipinski definition) is 0. The van der Waals surface area contributed by atoms with E-state index in [-0.39, 0.29) is 11.8 Å². The summed E-state index contributed by atoms with van der Waals surface area (Å²) in [6.07, 6.45) is 13.5. The van der Waals surface area contributed by atoms with E-state index in [4.69, 9.17) is 4.74 Å². The molecule has 6 heteroatoms. The molecule has 0 aromatic carbocycles. The Balaban J connectivity index is 1.28. The normalized spacial score (nSPS) is 34.2. The van der Waals surface area contributed by atoms with Crippen LogP contribution in [0.25, 0.3) is 0 Å². The smallest absolute Gasteiger partial charge is 0.225 e. The quantitative estimate of drug-likeness (QED) is 0.652. The molecule has 4 atom stereocenters. The molecule has 0 radical (unpaired) electrons. The number of piperidine rings is 3. The Morgan fingerprint density at radius 3 is 2.38 bits per heavy atom. The Morgan fingerprint density at radius 1 is 0.844 bits per heavy atom. The first-order valence-corrected chi connectivity index (χ1v) is 13.6. The van der Waals surface area contributed by atoms with Gasteiger partial charge in [0, 0.05) is 44.1 Å². The van der Waals surface area contributed by atoms with Gasteiger partial charge in [0.2, 0.25) is 11.8 Å². The Kier molecular flexibility index (Phi) is 7.37. The zero-order chi connectivity index (χ0) is 21.9. The van der Waals surface area contributed by atoms with Crippen LogP contribution in [-0.2, 0) is 14.3 Å². The number of hydrogen-bond acceptors (Lipinski definition) is 4. The summed E-state index contributed by atoms with van der Waals surface area (Å²) in [5.74, 6) is 2.24. The summed E-state index contributed by atoms with van der Waals surface area (Å²) in [5, 5.41) is 0. The minimum atomic E-state index is 0.251. The molecular weight excluding hydrogens is 402 g/mol. The van der Waals surface area contributed by atoms with Gasteiger partial charge in [0.25, 0.3) is 0 Å². The molecule has 0 spiro atoms. The van der Waals surface area contributed by atoms with Gasteiger partial charge in [-0.3, -0.25) is 14.5 Å². The van der Waals surface area contributed by atoms with Crippen molar-refractivity contribution in [2.45, 2.75) is 89.1 Å². The van der Waals surface area contributed by atoms with E-state index >= 15 is 0 Å². The molecule has 5 fully saturated rings. The van der Waals surface area contributed by atoms with Crippen LogP contribution in [0.4, 0.5) is 0 Å². The lowest BCUT2D eigenvalue weighted by Crippen LogP contribution is -2.66.